The Morgan fingerprint density at radius 1 is 1.08 bits per heavy atom. The van der Waals surface area contributed by atoms with Crippen molar-refractivity contribution in [3.63, 3.8) is 0 Å². The number of aryl methyl sites for hydroxylation is 1. The number of hydrogen-bond acceptors (Lipinski definition) is 5. The minimum absolute atomic E-state index is 0.213. The second-order valence-corrected chi connectivity index (χ2v) is 6.17. The highest BCUT2D eigenvalue weighted by Gasteiger charge is 2.20. The molecule has 2 aromatic carbocycles. The number of Topliss-reactive ketones (excluding diaryl/α,β-unsaturated/α-hetero) is 1. The van der Waals surface area contributed by atoms with Gasteiger partial charge < -0.3 is 9.15 Å². The number of hydrogen-bond donors (Lipinski definition) is 0. The van der Waals surface area contributed by atoms with Crippen LogP contribution in [0.5, 0.6) is 5.75 Å². The molecule has 1 heterocycles. The fraction of sp³-hybridized carbons (Fsp3) is 0.250. The monoisotopic (exact) mass is 334 g/mol. The number of aromatic nitrogens is 2. The van der Waals surface area contributed by atoms with Crippen LogP contribution in [0.15, 0.2) is 52.9 Å². The molecule has 5 nitrogen and oxygen atoms in total. The van der Waals surface area contributed by atoms with Gasteiger partial charge in [0.15, 0.2) is 11.9 Å². The zero-order chi connectivity index (χ0) is 17.2. The van der Waals surface area contributed by atoms with Crippen molar-refractivity contribution in [2.24, 2.45) is 0 Å². The van der Waals surface area contributed by atoms with Gasteiger partial charge in [0.05, 0.1) is 0 Å². The van der Waals surface area contributed by atoms with Crippen LogP contribution in [0, 0.1) is 0 Å². The molecule has 0 amide bonds. The van der Waals surface area contributed by atoms with E-state index in [9.17, 15) is 4.79 Å². The second kappa shape index (κ2) is 6.51. The normalized spacial score (nSPS) is 14.8. The number of benzene rings is 2. The van der Waals surface area contributed by atoms with Crippen LogP contribution in [0.25, 0.3) is 11.5 Å². The summed E-state index contributed by atoms with van der Waals surface area (Å²) in [6.45, 7) is 1.87. The van der Waals surface area contributed by atoms with Crippen LogP contribution >= 0.6 is 0 Å². The van der Waals surface area contributed by atoms with Gasteiger partial charge >= 0.3 is 0 Å². The topological polar surface area (TPSA) is 65.2 Å². The van der Waals surface area contributed by atoms with E-state index in [4.69, 9.17) is 9.15 Å². The average Bonchev–Trinajstić information content (AvgIpc) is 3.13. The molecule has 0 spiro atoms. The first kappa shape index (κ1) is 15.6. The van der Waals surface area contributed by atoms with E-state index >= 15 is 0 Å². The van der Waals surface area contributed by atoms with Crippen molar-refractivity contribution < 1.29 is 13.9 Å². The molecule has 25 heavy (non-hydrogen) atoms. The maximum absolute atomic E-state index is 11.9. The van der Waals surface area contributed by atoms with Crippen molar-refractivity contribution in [1.29, 1.82) is 0 Å². The van der Waals surface area contributed by atoms with E-state index in [0.717, 1.165) is 29.5 Å². The zero-order valence-corrected chi connectivity index (χ0v) is 13.9. The molecule has 3 aromatic rings. The largest absolute Gasteiger partial charge is 0.481 e. The van der Waals surface area contributed by atoms with Gasteiger partial charge in [-0.05, 0) is 55.7 Å². The first-order chi connectivity index (χ1) is 12.2. The second-order valence-electron chi connectivity index (χ2n) is 6.17. The molecule has 0 radical (unpaired) electrons. The molecule has 1 aliphatic carbocycles. The highest BCUT2D eigenvalue weighted by Crippen LogP contribution is 2.29. The Labute approximate surface area is 145 Å². The molecule has 4 rings (SSSR count). The third-order valence-electron chi connectivity index (χ3n) is 4.35. The van der Waals surface area contributed by atoms with Gasteiger partial charge in [-0.1, -0.05) is 18.2 Å². The molecule has 0 unspecified atom stereocenters. The lowest BCUT2D eigenvalue weighted by molar-refractivity contribution is 0.0972. The third-order valence-corrected chi connectivity index (χ3v) is 4.35. The van der Waals surface area contributed by atoms with Crippen molar-refractivity contribution >= 4 is 5.78 Å². The molecular weight excluding hydrogens is 316 g/mol. The number of fused-ring (bicyclic) bond motifs is 1. The number of ketones is 1. The van der Waals surface area contributed by atoms with E-state index < -0.39 is 0 Å². The van der Waals surface area contributed by atoms with Crippen LogP contribution in [0.4, 0.5) is 0 Å². The quantitative estimate of drug-likeness (QED) is 0.708. The zero-order valence-electron chi connectivity index (χ0n) is 13.9. The molecule has 1 aromatic heterocycles. The maximum atomic E-state index is 11.9. The number of carbonyl (C=O) groups is 1. The molecule has 0 fully saturated rings. The summed E-state index contributed by atoms with van der Waals surface area (Å²) in [6.07, 6.45) is 2.07. The van der Waals surface area contributed by atoms with Crippen molar-refractivity contribution in [3.05, 3.63) is 65.5 Å². The summed E-state index contributed by atoms with van der Waals surface area (Å²) in [5.41, 5.74) is 2.74. The standard InChI is InChI=1S/C20H18N2O3/c1-13(19-21-22-20(25-19)14-6-3-2-4-7-14)24-16-10-11-17-15(12-16)8-5-9-18(17)23/h2-4,6-7,10-13H,5,8-9H2,1H3/t13-/m1/s1. The Kier molecular flexibility index (Phi) is 4.06. The van der Waals surface area contributed by atoms with Crippen molar-refractivity contribution in [2.75, 3.05) is 0 Å². The van der Waals surface area contributed by atoms with Gasteiger partial charge in [-0.2, -0.15) is 0 Å². The van der Waals surface area contributed by atoms with Gasteiger partial charge in [-0.3, -0.25) is 4.79 Å². The summed E-state index contributed by atoms with van der Waals surface area (Å²) in [6, 6.07) is 15.2. The van der Waals surface area contributed by atoms with Crippen LogP contribution in [0.1, 0.15) is 47.7 Å². The van der Waals surface area contributed by atoms with Crippen LogP contribution in [-0.4, -0.2) is 16.0 Å². The van der Waals surface area contributed by atoms with Crippen molar-refractivity contribution in [3.8, 4) is 17.2 Å². The van der Waals surface area contributed by atoms with Gasteiger partial charge in [-0.15, -0.1) is 10.2 Å². The average molecular weight is 334 g/mol. The van der Waals surface area contributed by atoms with E-state index in [1.165, 1.54) is 0 Å². The molecule has 0 aliphatic heterocycles. The van der Waals surface area contributed by atoms with E-state index in [1.54, 1.807) is 0 Å². The molecule has 126 valence electrons. The molecule has 0 saturated carbocycles. The Balaban J connectivity index is 1.52. The lowest BCUT2D eigenvalue weighted by atomic mass is 9.90. The van der Waals surface area contributed by atoms with Gasteiger partial charge in [0.1, 0.15) is 5.75 Å². The van der Waals surface area contributed by atoms with E-state index in [2.05, 4.69) is 10.2 Å². The van der Waals surface area contributed by atoms with Crippen molar-refractivity contribution in [2.45, 2.75) is 32.3 Å². The minimum atomic E-state index is -0.373. The van der Waals surface area contributed by atoms with Crippen LogP contribution < -0.4 is 4.74 Å². The predicted octanol–water partition coefficient (Wildman–Crippen LogP) is 4.40. The third kappa shape index (κ3) is 3.18. The predicted molar refractivity (Wildman–Crippen MR) is 92.5 cm³/mol. The molecule has 0 N–H and O–H groups in total. The van der Waals surface area contributed by atoms with Crippen LogP contribution in [0.3, 0.4) is 0 Å². The Morgan fingerprint density at radius 2 is 1.92 bits per heavy atom. The molecule has 1 atom stereocenters. The Hall–Kier alpha value is -2.95. The molecular formula is C20H18N2O3. The molecule has 0 bridgehead atoms. The van der Waals surface area contributed by atoms with Gasteiger partial charge in [0.25, 0.3) is 5.89 Å². The minimum Gasteiger partial charge on any atom is -0.481 e. The SMILES string of the molecule is C[C@@H](Oc1ccc2c(c1)CCCC2=O)c1nnc(-c2ccccc2)o1. The molecule has 5 heteroatoms. The number of carbonyl (C=O) groups excluding carboxylic acids is 1. The number of nitrogens with zero attached hydrogens (tertiary/aromatic N) is 2. The first-order valence-corrected chi connectivity index (χ1v) is 8.42. The summed E-state index contributed by atoms with van der Waals surface area (Å²) in [5.74, 6) is 1.82. The molecule has 0 saturated heterocycles. The van der Waals surface area contributed by atoms with Crippen molar-refractivity contribution in [1.82, 2.24) is 10.2 Å². The van der Waals surface area contributed by atoms with E-state index in [-0.39, 0.29) is 11.9 Å². The fourth-order valence-corrected chi connectivity index (χ4v) is 3.05. The first-order valence-electron chi connectivity index (χ1n) is 8.42. The van der Waals surface area contributed by atoms with Gasteiger partial charge in [0, 0.05) is 17.5 Å². The number of ether oxygens (including phenoxy) is 1. The van der Waals surface area contributed by atoms with E-state index in [1.807, 2.05) is 55.5 Å². The number of rotatable bonds is 4. The maximum Gasteiger partial charge on any atom is 0.257 e. The highest BCUT2D eigenvalue weighted by molar-refractivity contribution is 5.98. The van der Waals surface area contributed by atoms with E-state index in [0.29, 0.717) is 24.0 Å². The summed E-state index contributed by atoms with van der Waals surface area (Å²) < 4.78 is 11.7. The summed E-state index contributed by atoms with van der Waals surface area (Å²) in [4.78, 5) is 11.9. The van der Waals surface area contributed by atoms with Gasteiger partial charge in [-0.25, -0.2) is 0 Å². The summed E-state index contributed by atoms with van der Waals surface area (Å²) >= 11 is 0. The fourth-order valence-electron chi connectivity index (χ4n) is 3.05. The highest BCUT2D eigenvalue weighted by atomic mass is 16.5. The lowest BCUT2D eigenvalue weighted by Gasteiger charge is -2.17. The summed E-state index contributed by atoms with van der Waals surface area (Å²) in [5, 5.41) is 8.18. The Morgan fingerprint density at radius 3 is 2.76 bits per heavy atom. The smallest absolute Gasteiger partial charge is 0.257 e. The van der Waals surface area contributed by atoms with Gasteiger partial charge in [0.2, 0.25) is 5.89 Å². The summed E-state index contributed by atoms with van der Waals surface area (Å²) in [7, 11) is 0. The lowest BCUT2D eigenvalue weighted by Crippen LogP contribution is -2.11. The Bertz CT molecular complexity index is 902. The molecule has 1 aliphatic rings. The van der Waals surface area contributed by atoms with Crippen LogP contribution in [-0.2, 0) is 6.42 Å². The van der Waals surface area contributed by atoms with Crippen LogP contribution in [0.2, 0.25) is 0 Å².